The second-order valence-corrected chi connectivity index (χ2v) is 2.38. The van der Waals surface area contributed by atoms with Crippen molar-refractivity contribution in [2.75, 3.05) is 0 Å². The third-order valence-corrected chi connectivity index (χ3v) is 1.60. The predicted molar refractivity (Wildman–Crippen MR) is 46.6 cm³/mol. The number of aromatic amines is 1. The van der Waals surface area contributed by atoms with Crippen molar-refractivity contribution in [1.29, 1.82) is 0 Å². The highest BCUT2D eigenvalue weighted by Crippen LogP contribution is 1.98. The third kappa shape index (κ3) is 0.915. The van der Waals surface area contributed by atoms with E-state index in [0.29, 0.717) is 4.57 Å². The van der Waals surface area contributed by atoms with Gasteiger partial charge < -0.3 is 4.57 Å². The lowest BCUT2D eigenvalue weighted by Gasteiger charge is -1.96. The number of fused-ring (bicyclic) bond motifs is 1. The number of nitrogens with one attached hydrogen (secondary N) is 1. The minimum atomic E-state index is -3.01. The van der Waals surface area contributed by atoms with Gasteiger partial charge in [-0.15, -0.1) is 0 Å². The maximum atomic E-state index is 12.0. The van der Waals surface area contributed by atoms with Crippen LogP contribution in [0.4, 0.5) is 0 Å². The molecule has 6 nitrogen and oxygen atoms in total. The Morgan fingerprint density at radius 3 is 3.08 bits per heavy atom. The Kier molecular flexibility index (Phi) is 0.622. The number of hydrogen-bond donors (Lipinski definition) is 1. The van der Waals surface area contributed by atoms with Crippen LogP contribution in [0.2, 0.25) is 0 Å². The van der Waals surface area contributed by atoms with E-state index in [1.54, 1.807) is 0 Å². The van der Waals surface area contributed by atoms with Gasteiger partial charge in [-0.25, -0.2) is 9.78 Å². The fourth-order valence-corrected chi connectivity index (χ4v) is 1.000. The van der Waals surface area contributed by atoms with Crippen LogP contribution in [0.1, 0.15) is 8.22 Å². The van der Waals surface area contributed by atoms with E-state index in [1.165, 1.54) is 0 Å². The molecule has 0 aromatic carbocycles. The Morgan fingerprint density at radius 1 is 1.54 bits per heavy atom. The molecule has 0 bridgehead atoms. The van der Waals surface area contributed by atoms with Crippen LogP contribution >= 0.6 is 0 Å². The first-order valence-electron chi connectivity index (χ1n) is 6.27. The Labute approximate surface area is 80.9 Å². The minimum absolute atomic E-state index is 0.0146. The number of hydrogen-bond acceptors (Lipinski definition) is 3. The predicted octanol–water partition coefficient (Wildman–Crippen LogP) is -1.04. The molecule has 0 unspecified atom stereocenters. The fourth-order valence-electron chi connectivity index (χ4n) is 1.000. The molecule has 0 aliphatic heterocycles. The van der Waals surface area contributed by atoms with Crippen LogP contribution in [0.15, 0.2) is 15.9 Å². The largest absolute Gasteiger partial charge is 0.329 e. The summed E-state index contributed by atoms with van der Waals surface area (Å²) in [4.78, 5) is 29.2. The molecule has 0 amide bonds. The first-order valence-corrected chi connectivity index (χ1v) is 3.27. The summed E-state index contributed by atoms with van der Waals surface area (Å²) in [7, 11) is 0. The van der Waals surface area contributed by atoms with E-state index >= 15 is 0 Å². The maximum Gasteiger partial charge on any atom is 0.329 e. The van der Waals surface area contributed by atoms with Crippen LogP contribution in [-0.2, 0) is 14.0 Å². The van der Waals surface area contributed by atoms with Gasteiger partial charge in [-0.05, 0) is 0 Å². The molecule has 0 saturated carbocycles. The van der Waals surface area contributed by atoms with Gasteiger partial charge in [0.05, 0.1) is 6.33 Å². The van der Waals surface area contributed by atoms with E-state index in [9.17, 15) is 9.59 Å². The van der Waals surface area contributed by atoms with Crippen LogP contribution in [0.5, 0.6) is 0 Å². The zero-order valence-corrected chi connectivity index (χ0v) is 6.24. The van der Waals surface area contributed by atoms with Gasteiger partial charge in [0.2, 0.25) is 0 Å². The van der Waals surface area contributed by atoms with Crippen LogP contribution in [0.3, 0.4) is 0 Å². The molecular formula is C7H8N4O2. The molecular weight excluding hydrogens is 172 g/mol. The Hall–Kier alpha value is -1.85. The molecule has 1 N–H and O–H groups in total. The molecule has 0 aliphatic carbocycles. The van der Waals surface area contributed by atoms with Crippen molar-refractivity contribution >= 4 is 11.2 Å². The molecule has 13 heavy (non-hydrogen) atoms. The molecule has 0 aliphatic rings. The lowest BCUT2D eigenvalue weighted by Crippen LogP contribution is -2.33. The quantitative estimate of drug-likeness (QED) is 0.571. The summed E-state index contributed by atoms with van der Waals surface area (Å²) in [6.45, 7) is -5.72. The van der Waals surface area contributed by atoms with Crippen LogP contribution in [0, 0.1) is 0 Å². The van der Waals surface area contributed by atoms with E-state index in [4.69, 9.17) is 8.22 Å². The summed E-state index contributed by atoms with van der Waals surface area (Å²) < 4.78 is 43.5. The molecule has 2 aromatic rings. The van der Waals surface area contributed by atoms with Crippen molar-refractivity contribution in [2.45, 2.75) is 0 Å². The molecule has 6 heteroatoms. The maximum absolute atomic E-state index is 12.0. The number of aryl methyl sites for hydroxylation is 1. The number of H-pyrrole nitrogens is 1. The van der Waals surface area contributed by atoms with Crippen molar-refractivity contribution in [3.63, 3.8) is 0 Å². The molecule has 2 heterocycles. The molecule has 68 valence electrons. The monoisotopic (exact) mass is 186 g/mol. The van der Waals surface area contributed by atoms with Crippen molar-refractivity contribution in [2.24, 2.45) is 14.0 Å². The van der Waals surface area contributed by atoms with Gasteiger partial charge in [0.15, 0.2) is 11.2 Å². The smallest absolute Gasteiger partial charge is 0.328 e. The lowest BCUT2D eigenvalue weighted by atomic mass is 10.5. The first-order chi connectivity index (χ1) is 8.53. The van der Waals surface area contributed by atoms with Crippen molar-refractivity contribution < 1.29 is 8.22 Å². The van der Waals surface area contributed by atoms with Crippen molar-refractivity contribution in [1.82, 2.24) is 19.1 Å². The topological polar surface area (TPSA) is 72.7 Å². The molecule has 0 radical (unpaired) electrons. The fraction of sp³-hybridized carbons (Fsp3) is 0.286. The summed E-state index contributed by atoms with van der Waals surface area (Å²) >= 11 is 0. The zero-order chi connectivity index (χ0) is 14.6. The van der Waals surface area contributed by atoms with Crippen LogP contribution in [-0.4, -0.2) is 19.1 Å². The van der Waals surface area contributed by atoms with Gasteiger partial charge in [0.25, 0.3) is 5.56 Å². The van der Waals surface area contributed by atoms with E-state index in [-0.39, 0.29) is 10.2 Å². The Morgan fingerprint density at radius 2 is 2.38 bits per heavy atom. The summed E-state index contributed by atoms with van der Waals surface area (Å²) in [6, 6.07) is 0. The second kappa shape index (κ2) is 2.32. The highest BCUT2D eigenvalue weighted by molar-refractivity contribution is 5.68. The van der Waals surface area contributed by atoms with Gasteiger partial charge in [-0.3, -0.25) is 14.3 Å². The average Bonchev–Trinajstić information content (AvgIpc) is 2.57. The summed E-state index contributed by atoms with van der Waals surface area (Å²) in [6.07, 6.45) is 0.846. The number of aromatic nitrogens is 4. The molecule has 2 rings (SSSR count). The van der Waals surface area contributed by atoms with Gasteiger partial charge >= 0.3 is 5.69 Å². The first kappa shape index (κ1) is 3.49. The standard InChI is InChI=1S/C7H8N4O2/c1-10-3-8-5-4(10)6(12)11(2)7(13)9-5/h3H,1-2H3,(H,9,13)/i1D3,2D3. The van der Waals surface area contributed by atoms with Crippen LogP contribution in [0.25, 0.3) is 11.2 Å². The SMILES string of the molecule is [2H]C([2H])([2H])n1c(=O)[nH]c2ncn(C([2H])([2H])[2H])c2c1=O. The Balaban J connectivity index is 2.98. The van der Waals surface area contributed by atoms with E-state index < -0.39 is 30.7 Å². The average molecular weight is 186 g/mol. The van der Waals surface area contributed by atoms with E-state index in [0.717, 1.165) is 6.33 Å². The summed E-state index contributed by atoms with van der Waals surface area (Å²) in [5, 5.41) is 0. The number of nitrogens with zero attached hydrogens (tertiary/aromatic N) is 3. The van der Waals surface area contributed by atoms with Crippen molar-refractivity contribution in [3.8, 4) is 0 Å². The molecule has 0 fully saturated rings. The second-order valence-electron chi connectivity index (χ2n) is 2.38. The van der Waals surface area contributed by atoms with E-state index in [1.807, 2.05) is 0 Å². The van der Waals surface area contributed by atoms with Gasteiger partial charge in [0, 0.05) is 22.2 Å². The van der Waals surface area contributed by atoms with E-state index in [2.05, 4.69) is 9.97 Å². The molecule has 0 spiro atoms. The summed E-state index contributed by atoms with van der Waals surface area (Å²) in [5.41, 5.74) is -3.16. The third-order valence-electron chi connectivity index (χ3n) is 1.60. The van der Waals surface area contributed by atoms with Gasteiger partial charge in [0.1, 0.15) is 0 Å². The van der Waals surface area contributed by atoms with Gasteiger partial charge in [-0.1, -0.05) is 0 Å². The Bertz CT molecular complexity index is 748. The molecule has 2 aromatic heterocycles. The summed E-state index contributed by atoms with van der Waals surface area (Å²) in [5.74, 6) is 0. The van der Waals surface area contributed by atoms with Crippen molar-refractivity contribution in [3.05, 3.63) is 27.2 Å². The highest BCUT2D eigenvalue weighted by Gasteiger charge is 2.07. The number of rotatable bonds is 0. The minimum Gasteiger partial charge on any atom is -0.328 e. The normalized spacial score (nSPS) is 19.7. The van der Waals surface area contributed by atoms with Gasteiger partial charge in [-0.2, -0.15) is 0 Å². The van der Waals surface area contributed by atoms with Crippen LogP contribution < -0.4 is 11.2 Å². The molecule has 0 atom stereocenters. The lowest BCUT2D eigenvalue weighted by molar-refractivity contribution is 0.783. The molecule has 0 saturated heterocycles. The number of imidazole rings is 1. The highest BCUT2D eigenvalue weighted by atomic mass is 16.2. The zero-order valence-electron chi connectivity index (χ0n) is 12.2.